The second-order valence-electron chi connectivity index (χ2n) is 6.14. The molecule has 1 amide bonds. The average molecular weight is 431 g/mol. The zero-order valence-corrected chi connectivity index (χ0v) is 17.1. The fourth-order valence-corrected chi connectivity index (χ4v) is 3.01. The van der Waals surface area contributed by atoms with E-state index >= 15 is 0 Å². The molecule has 0 radical (unpaired) electrons. The van der Waals surface area contributed by atoms with Crippen LogP contribution < -0.4 is 11.1 Å². The summed E-state index contributed by atoms with van der Waals surface area (Å²) in [6, 6.07) is 7.07. The minimum atomic E-state index is -0.178. The van der Waals surface area contributed by atoms with E-state index in [1.165, 1.54) is 0 Å². The lowest BCUT2D eigenvalue weighted by molar-refractivity contribution is -0.0167. The van der Waals surface area contributed by atoms with Gasteiger partial charge in [-0.25, -0.2) is 0 Å². The van der Waals surface area contributed by atoms with Gasteiger partial charge in [-0.1, -0.05) is 16.8 Å². The van der Waals surface area contributed by atoms with Crippen LogP contribution in [-0.2, 0) is 9.47 Å². The molecule has 154 valence electrons. The molecule has 2 aromatic rings. The zero-order chi connectivity index (χ0) is 19.2. The summed E-state index contributed by atoms with van der Waals surface area (Å²) < 4.78 is 16.1. The topological polar surface area (TPSA) is 103 Å². The Balaban J connectivity index is 0.00000280. The summed E-state index contributed by atoms with van der Waals surface area (Å²) in [6.45, 7) is 2.69. The predicted octanol–water partition coefficient (Wildman–Crippen LogP) is 2.27. The predicted molar refractivity (Wildman–Crippen MR) is 109 cm³/mol. The summed E-state index contributed by atoms with van der Waals surface area (Å²) in [4.78, 5) is 15.0. The summed E-state index contributed by atoms with van der Waals surface area (Å²) >= 11 is 5.97. The van der Waals surface area contributed by atoms with Gasteiger partial charge in [0.2, 0.25) is 0 Å². The highest BCUT2D eigenvalue weighted by Gasteiger charge is 2.31. The standard InChI is InChI=1S/C18H23ClN4O4.ClH/c1-25-8-6-21-17-15(18(24)23-7-9-26-14(10-20)11-23)16(27-22-17)12-2-4-13(19)5-3-12;/h2-5,14H,6-11,20H2,1H3,(H,21,22);1H. The normalized spacial score (nSPS) is 16.5. The van der Waals surface area contributed by atoms with Gasteiger partial charge in [-0.2, -0.15) is 0 Å². The van der Waals surface area contributed by atoms with Crippen LogP contribution in [0.4, 0.5) is 5.82 Å². The molecule has 1 aromatic heterocycles. The van der Waals surface area contributed by atoms with Crippen LogP contribution in [-0.4, -0.2) is 68.6 Å². The van der Waals surface area contributed by atoms with Crippen molar-refractivity contribution in [2.24, 2.45) is 5.73 Å². The number of nitrogens with two attached hydrogens (primary N) is 1. The van der Waals surface area contributed by atoms with Gasteiger partial charge in [0.15, 0.2) is 11.6 Å². The smallest absolute Gasteiger partial charge is 0.261 e. The van der Waals surface area contributed by atoms with E-state index in [1.807, 2.05) is 0 Å². The van der Waals surface area contributed by atoms with Crippen LogP contribution in [0.2, 0.25) is 5.02 Å². The van der Waals surface area contributed by atoms with Gasteiger partial charge in [0.25, 0.3) is 5.91 Å². The molecule has 1 aliphatic rings. The van der Waals surface area contributed by atoms with E-state index in [0.29, 0.717) is 61.6 Å². The first kappa shape index (κ1) is 22.4. The average Bonchev–Trinajstić information content (AvgIpc) is 3.12. The molecule has 1 unspecified atom stereocenters. The number of ether oxygens (including phenoxy) is 2. The summed E-state index contributed by atoms with van der Waals surface area (Å²) in [5.41, 5.74) is 6.80. The monoisotopic (exact) mass is 430 g/mol. The quantitative estimate of drug-likeness (QED) is 0.649. The lowest BCUT2D eigenvalue weighted by atomic mass is 10.1. The van der Waals surface area contributed by atoms with Crippen molar-refractivity contribution in [1.29, 1.82) is 0 Å². The Morgan fingerprint density at radius 2 is 2.18 bits per heavy atom. The number of nitrogens with one attached hydrogen (secondary N) is 1. The van der Waals surface area contributed by atoms with E-state index in [1.54, 1.807) is 36.3 Å². The van der Waals surface area contributed by atoms with E-state index in [-0.39, 0.29) is 24.4 Å². The van der Waals surface area contributed by atoms with Crippen molar-refractivity contribution in [3.05, 3.63) is 34.9 Å². The van der Waals surface area contributed by atoms with Gasteiger partial charge in [-0.05, 0) is 24.3 Å². The van der Waals surface area contributed by atoms with Crippen LogP contribution in [0, 0.1) is 0 Å². The van der Waals surface area contributed by atoms with Gasteiger partial charge in [0, 0.05) is 43.9 Å². The van der Waals surface area contributed by atoms with Crippen LogP contribution in [0.15, 0.2) is 28.8 Å². The Hall–Kier alpha value is -1.84. The van der Waals surface area contributed by atoms with Gasteiger partial charge in [0.05, 0.1) is 19.3 Å². The molecule has 1 fully saturated rings. The summed E-state index contributed by atoms with van der Waals surface area (Å²) in [6.07, 6.45) is -0.175. The fourth-order valence-electron chi connectivity index (χ4n) is 2.88. The molecule has 1 aromatic carbocycles. The number of carbonyl (C=O) groups is 1. The van der Waals surface area contributed by atoms with E-state index in [0.717, 1.165) is 5.56 Å². The SMILES string of the molecule is COCCNc1noc(-c2ccc(Cl)cc2)c1C(=O)N1CCOC(CN)C1.Cl. The minimum absolute atomic E-state index is 0. The van der Waals surface area contributed by atoms with Gasteiger partial charge >= 0.3 is 0 Å². The minimum Gasteiger partial charge on any atom is -0.383 e. The van der Waals surface area contributed by atoms with Crippen molar-refractivity contribution in [1.82, 2.24) is 10.1 Å². The Morgan fingerprint density at radius 3 is 2.86 bits per heavy atom. The number of nitrogens with zero attached hydrogens (tertiary/aromatic N) is 2. The first-order valence-corrected chi connectivity index (χ1v) is 9.11. The molecule has 0 aliphatic carbocycles. The Morgan fingerprint density at radius 1 is 1.43 bits per heavy atom. The molecule has 1 atom stereocenters. The van der Waals surface area contributed by atoms with Crippen molar-refractivity contribution in [3.63, 3.8) is 0 Å². The third kappa shape index (κ3) is 5.15. The fraction of sp³-hybridized carbons (Fsp3) is 0.444. The maximum Gasteiger partial charge on any atom is 0.261 e. The van der Waals surface area contributed by atoms with Crippen molar-refractivity contribution in [2.45, 2.75) is 6.10 Å². The van der Waals surface area contributed by atoms with Crippen molar-refractivity contribution < 1.29 is 18.8 Å². The Bertz CT molecular complexity index is 769. The third-order valence-corrected chi connectivity index (χ3v) is 4.55. The summed E-state index contributed by atoms with van der Waals surface area (Å²) in [5.74, 6) is 0.605. The number of hydrogen-bond acceptors (Lipinski definition) is 7. The summed E-state index contributed by atoms with van der Waals surface area (Å²) in [5, 5.41) is 7.77. The maximum atomic E-state index is 13.3. The van der Waals surface area contributed by atoms with Crippen molar-refractivity contribution in [2.75, 3.05) is 51.8 Å². The number of aromatic nitrogens is 1. The van der Waals surface area contributed by atoms with Crippen molar-refractivity contribution in [3.8, 4) is 11.3 Å². The van der Waals surface area contributed by atoms with Gasteiger partial charge in [0.1, 0.15) is 5.56 Å². The molecule has 1 aliphatic heterocycles. The largest absolute Gasteiger partial charge is 0.383 e. The van der Waals surface area contributed by atoms with Crippen LogP contribution in [0.3, 0.4) is 0 Å². The molecular formula is C18H24Cl2N4O4. The number of morpholine rings is 1. The molecule has 8 nitrogen and oxygen atoms in total. The number of halogens is 2. The van der Waals surface area contributed by atoms with Crippen LogP contribution in [0.5, 0.6) is 0 Å². The number of amides is 1. The first-order valence-electron chi connectivity index (χ1n) is 8.73. The van der Waals surface area contributed by atoms with Gasteiger partial charge < -0.3 is 29.9 Å². The lowest BCUT2D eigenvalue weighted by Gasteiger charge is -2.32. The van der Waals surface area contributed by atoms with Crippen LogP contribution in [0.1, 0.15) is 10.4 Å². The second kappa shape index (κ2) is 10.6. The number of carbonyl (C=O) groups excluding carboxylic acids is 1. The zero-order valence-electron chi connectivity index (χ0n) is 15.5. The molecule has 10 heteroatoms. The van der Waals surface area contributed by atoms with E-state index in [4.69, 9.17) is 31.3 Å². The van der Waals surface area contributed by atoms with Crippen LogP contribution in [0.25, 0.3) is 11.3 Å². The van der Waals surface area contributed by atoms with Gasteiger partial charge in [-0.3, -0.25) is 4.79 Å². The maximum absolute atomic E-state index is 13.3. The summed E-state index contributed by atoms with van der Waals surface area (Å²) in [7, 11) is 1.61. The number of methoxy groups -OCH3 is 1. The number of hydrogen-bond donors (Lipinski definition) is 2. The molecule has 1 saturated heterocycles. The Kier molecular flexibility index (Phi) is 8.53. The molecular weight excluding hydrogens is 407 g/mol. The highest BCUT2D eigenvalue weighted by molar-refractivity contribution is 6.30. The second-order valence-corrected chi connectivity index (χ2v) is 6.58. The van der Waals surface area contributed by atoms with Crippen molar-refractivity contribution >= 4 is 35.7 Å². The van der Waals surface area contributed by atoms with Gasteiger partial charge in [-0.15, -0.1) is 12.4 Å². The van der Waals surface area contributed by atoms with E-state index in [2.05, 4.69) is 10.5 Å². The number of benzene rings is 1. The first-order chi connectivity index (χ1) is 13.1. The lowest BCUT2D eigenvalue weighted by Crippen LogP contribution is -2.48. The molecule has 2 heterocycles. The highest BCUT2D eigenvalue weighted by atomic mass is 35.5. The molecule has 0 saturated carbocycles. The Labute approximate surface area is 174 Å². The van der Waals surface area contributed by atoms with E-state index < -0.39 is 0 Å². The molecule has 0 bridgehead atoms. The van der Waals surface area contributed by atoms with Crippen LogP contribution >= 0.6 is 24.0 Å². The molecule has 0 spiro atoms. The highest BCUT2D eigenvalue weighted by Crippen LogP contribution is 2.31. The molecule has 28 heavy (non-hydrogen) atoms. The molecule has 3 rings (SSSR count). The third-order valence-electron chi connectivity index (χ3n) is 4.30. The number of rotatable bonds is 7. The number of anilines is 1. The molecule has 3 N–H and O–H groups in total. The van der Waals surface area contributed by atoms with E-state index in [9.17, 15) is 4.79 Å².